The van der Waals surface area contributed by atoms with E-state index in [0.29, 0.717) is 31.0 Å². The number of hydrogen-bond donors (Lipinski definition) is 0. The second-order valence-corrected chi connectivity index (χ2v) is 9.80. The molecule has 0 radical (unpaired) electrons. The molecule has 1 atom stereocenters. The zero-order valence-corrected chi connectivity index (χ0v) is 17.6. The molecule has 0 N–H and O–H groups in total. The molecule has 1 amide bonds. The van der Waals surface area contributed by atoms with Crippen LogP contribution in [0.3, 0.4) is 0 Å². The average Bonchev–Trinajstić information content (AvgIpc) is 3.18. The normalized spacial score (nSPS) is 23.8. The molecule has 2 fully saturated rings. The largest absolute Gasteiger partial charge is 0.308 e. The first-order valence-electron chi connectivity index (χ1n) is 9.86. The molecule has 0 aliphatic carbocycles. The van der Waals surface area contributed by atoms with Gasteiger partial charge in [0.15, 0.2) is 0 Å². The predicted molar refractivity (Wildman–Crippen MR) is 111 cm³/mol. The Bertz CT molecular complexity index is 994. The summed E-state index contributed by atoms with van der Waals surface area (Å²) in [6, 6.07) is 10.8. The molecule has 2 saturated heterocycles. The maximum absolute atomic E-state index is 13.2. The van der Waals surface area contributed by atoms with E-state index < -0.39 is 15.6 Å². The van der Waals surface area contributed by atoms with Gasteiger partial charge in [0.1, 0.15) is 0 Å². The Kier molecular flexibility index (Phi) is 5.18. The van der Waals surface area contributed by atoms with Crippen molar-refractivity contribution in [2.24, 2.45) is 0 Å². The van der Waals surface area contributed by atoms with Crippen molar-refractivity contribution >= 4 is 21.6 Å². The van der Waals surface area contributed by atoms with Crippen LogP contribution >= 0.6 is 0 Å². The van der Waals surface area contributed by atoms with Crippen LogP contribution in [-0.2, 0) is 21.2 Å². The topological polar surface area (TPSA) is 73.8 Å². The second kappa shape index (κ2) is 7.51. The monoisotopic (exact) mass is 414 g/mol. The van der Waals surface area contributed by atoms with E-state index in [-0.39, 0.29) is 12.5 Å². The lowest BCUT2D eigenvalue weighted by molar-refractivity contribution is -0.123. The molecule has 0 saturated carbocycles. The van der Waals surface area contributed by atoms with Gasteiger partial charge in [-0.3, -0.25) is 14.7 Å². The molecule has 1 spiro atoms. The van der Waals surface area contributed by atoms with Crippen molar-refractivity contribution in [1.29, 1.82) is 0 Å². The minimum Gasteiger partial charge on any atom is -0.308 e. The van der Waals surface area contributed by atoms with Crippen LogP contribution in [0.2, 0.25) is 0 Å². The molecule has 2 aliphatic rings. The lowest BCUT2D eigenvalue weighted by Crippen LogP contribution is -2.64. The highest BCUT2D eigenvalue weighted by Gasteiger charge is 2.50. The standard InChI is InChI=1S/C21H26N4O3S/c1-3-17-6-8-19(9-7-17)29(27,28)24-12-10-21(15-24)16-25(20(26)14-23(21)2)18-5-4-11-22-13-18/h4-9,11,13H,3,10,12,14-16H2,1-2H3/t21-/m1/s1. The molecule has 0 bridgehead atoms. The summed E-state index contributed by atoms with van der Waals surface area (Å²) < 4.78 is 28.0. The van der Waals surface area contributed by atoms with E-state index in [1.165, 1.54) is 0 Å². The van der Waals surface area contributed by atoms with E-state index in [1.54, 1.807) is 39.8 Å². The predicted octanol–water partition coefficient (Wildman–Crippen LogP) is 1.76. The van der Waals surface area contributed by atoms with Gasteiger partial charge in [-0.15, -0.1) is 0 Å². The van der Waals surface area contributed by atoms with Gasteiger partial charge in [-0.1, -0.05) is 19.1 Å². The summed E-state index contributed by atoms with van der Waals surface area (Å²) in [5.41, 5.74) is 1.46. The molecule has 1 aromatic heterocycles. The van der Waals surface area contributed by atoms with Crippen molar-refractivity contribution in [2.75, 3.05) is 38.1 Å². The Balaban J connectivity index is 1.58. The van der Waals surface area contributed by atoms with Crippen molar-refractivity contribution in [3.63, 3.8) is 0 Å². The number of likely N-dealkylation sites (N-methyl/N-ethyl adjacent to an activating group) is 1. The number of benzene rings is 1. The smallest absolute Gasteiger partial charge is 0.243 e. The Hall–Kier alpha value is -2.29. The molecule has 1 aromatic carbocycles. The third-order valence-corrected chi connectivity index (χ3v) is 8.02. The highest BCUT2D eigenvalue weighted by molar-refractivity contribution is 7.89. The molecule has 154 valence electrons. The molecule has 2 aromatic rings. The van der Waals surface area contributed by atoms with Gasteiger partial charge in [0.2, 0.25) is 15.9 Å². The van der Waals surface area contributed by atoms with E-state index >= 15 is 0 Å². The highest BCUT2D eigenvalue weighted by Crippen LogP contribution is 2.35. The first kappa shape index (κ1) is 20.0. The van der Waals surface area contributed by atoms with Crippen molar-refractivity contribution in [3.05, 3.63) is 54.4 Å². The number of aryl methyl sites for hydroxylation is 1. The molecular weight excluding hydrogens is 388 g/mol. The molecule has 4 rings (SSSR count). The van der Waals surface area contributed by atoms with Crippen LogP contribution in [-0.4, -0.2) is 67.3 Å². The van der Waals surface area contributed by atoms with E-state index in [9.17, 15) is 13.2 Å². The Labute approximate surface area is 172 Å². The van der Waals surface area contributed by atoms with Crippen LogP contribution < -0.4 is 4.90 Å². The van der Waals surface area contributed by atoms with Crippen LogP contribution in [0.15, 0.2) is 53.7 Å². The minimum atomic E-state index is -3.57. The van der Waals surface area contributed by atoms with Crippen molar-refractivity contribution < 1.29 is 13.2 Å². The van der Waals surface area contributed by atoms with Crippen LogP contribution in [0.4, 0.5) is 5.69 Å². The number of hydrogen-bond acceptors (Lipinski definition) is 5. The SMILES string of the molecule is CCc1ccc(S(=O)(=O)N2CC[C@]3(CN(c4cccnc4)C(=O)CN3C)C2)cc1. The number of nitrogens with zero attached hydrogens (tertiary/aromatic N) is 4. The molecule has 8 heteroatoms. The number of anilines is 1. The zero-order valence-electron chi connectivity index (χ0n) is 16.8. The third kappa shape index (κ3) is 3.56. The first-order valence-corrected chi connectivity index (χ1v) is 11.3. The van der Waals surface area contributed by atoms with Gasteiger partial charge < -0.3 is 4.90 Å². The summed E-state index contributed by atoms with van der Waals surface area (Å²) in [6.07, 6.45) is 4.90. The maximum Gasteiger partial charge on any atom is 0.243 e. The third-order valence-electron chi connectivity index (χ3n) is 6.16. The van der Waals surface area contributed by atoms with Crippen LogP contribution in [0.5, 0.6) is 0 Å². The number of pyridine rings is 1. The molecule has 29 heavy (non-hydrogen) atoms. The van der Waals surface area contributed by atoms with E-state index in [1.807, 2.05) is 37.1 Å². The highest BCUT2D eigenvalue weighted by atomic mass is 32.2. The number of rotatable bonds is 4. The van der Waals surface area contributed by atoms with Crippen molar-refractivity contribution in [1.82, 2.24) is 14.2 Å². The molecule has 3 heterocycles. The van der Waals surface area contributed by atoms with Crippen molar-refractivity contribution in [2.45, 2.75) is 30.2 Å². The number of piperazine rings is 1. The number of carbonyl (C=O) groups excluding carboxylic acids is 1. The number of amides is 1. The van der Waals surface area contributed by atoms with Crippen LogP contribution in [0.1, 0.15) is 18.9 Å². The van der Waals surface area contributed by atoms with Crippen molar-refractivity contribution in [3.8, 4) is 0 Å². The fourth-order valence-corrected chi connectivity index (χ4v) is 5.74. The molecule has 7 nitrogen and oxygen atoms in total. The molecule has 2 aliphatic heterocycles. The summed E-state index contributed by atoms with van der Waals surface area (Å²) in [5.74, 6) is 0.00239. The van der Waals surface area contributed by atoms with Gasteiger partial charge in [0.25, 0.3) is 0 Å². The summed E-state index contributed by atoms with van der Waals surface area (Å²) >= 11 is 0. The van der Waals surface area contributed by atoms with E-state index in [4.69, 9.17) is 0 Å². The average molecular weight is 415 g/mol. The molecule has 0 unspecified atom stereocenters. The summed E-state index contributed by atoms with van der Waals surface area (Å²) in [5, 5.41) is 0. The second-order valence-electron chi connectivity index (χ2n) is 7.86. The Morgan fingerprint density at radius 3 is 2.55 bits per heavy atom. The van der Waals surface area contributed by atoms with Gasteiger partial charge in [0, 0.05) is 25.8 Å². The number of carbonyl (C=O) groups is 1. The van der Waals surface area contributed by atoms with Gasteiger partial charge in [-0.2, -0.15) is 4.31 Å². The molecular formula is C21H26N4O3S. The van der Waals surface area contributed by atoms with E-state index in [0.717, 1.165) is 17.7 Å². The van der Waals surface area contributed by atoms with Crippen LogP contribution in [0, 0.1) is 0 Å². The fraction of sp³-hybridized carbons (Fsp3) is 0.429. The zero-order chi connectivity index (χ0) is 20.6. The fourth-order valence-electron chi connectivity index (χ4n) is 4.22. The summed E-state index contributed by atoms with van der Waals surface area (Å²) in [6.45, 7) is 3.56. The van der Waals surface area contributed by atoms with Crippen LogP contribution in [0.25, 0.3) is 0 Å². The summed E-state index contributed by atoms with van der Waals surface area (Å²) in [4.78, 5) is 20.8. The first-order chi connectivity index (χ1) is 13.9. The van der Waals surface area contributed by atoms with Gasteiger partial charge in [-0.25, -0.2) is 8.42 Å². The van der Waals surface area contributed by atoms with Gasteiger partial charge in [-0.05, 0) is 49.7 Å². The Morgan fingerprint density at radius 2 is 1.90 bits per heavy atom. The maximum atomic E-state index is 13.2. The Morgan fingerprint density at radius 1 is 1.14 bits per heavy atom. The van der Waals surface area contributed by atoms with Gasteiger partial charge in [0.05, 0.1) is 28.9 Å². The minimum absolute atomic E-state index is 0.00239. The van der Waals surface area contributed by atoms with E-state index in [2.05, 4.69) is 4.98 Å². The summed E-state index contributed by atoms with van der Waals surface area (Å²) in [7, 11) is -1.66. The lowest BCUT2D eigenvalue weighted by atomic mass is 9.93. The number of sulfonamides is 1. The quantitative estimate of drug-likeness (QED) is 0.762. The van der Waals surface area contributed by atoms with Gasteiger partial charge >= 0.3 is 0 Å². The lowest BCUT2D eigenvalue weighted by Gasteiger charge is -2.46. The number of aromatic nitrogens is 1.